The first-order valence-electron chi connectivity index (χ1n) is 7.48. The molecule has 1 aliphatic carbocycles. The summed E-state index contributed by atoms with van der Waals surface area (Å²) in [4.78, 5) is 0. The maximum atomic E-state index is 6.33. The molecule has 1 aromatic carbocycles. The number of hydrogen-bond acceptors (Lipinski definition) is 2. The number of hydrogen-bond donors (Lipinski definition) is 1. The molecule has 2 N–H and O–H groups in total. The molecule has 2 nitrogen and oxygen atoms in total. The van der Waals surface area contributed by atoms with Gasteiger partial charge in [0, 0.05) is 6.04 Å². The average Bonchev–Trinajstić information content (AvgIpc) is 2.41. The molecule has 3 unspecified atom stereocenters. The number of rotatable bonds is 4. The van der Waals surface area contributed by atoms with Crippen LogP contribution >= 0.6 is 0 Å². The third kappa shape index (κ3) is 3.73. The molecule has 0 radical (unpaired) electrons. The molecule has 1 aliphatic rings. The molecule has 0 spiro atoms. The Morgan fingerprint density at radius 1 is 1.32 bits per heavy atom. The van der Waals surface area contributed by atoms with E-state index in [2.05, 4.69) is 32.0 Å². The van der Waals surface area contributed by atoms with Crippen molar-refractivity contribution >= 4 is 0 Å². The minimum atomic E-state index is 0.362. The standard InChI is InChI=1S/C17H27NO/c1-12(2)14-7-8-17(18)15(11-14)9-13-5-4-6-16(10-13)19-3/h4-6,10,12,14-15,17H,7-9,11,18H2,1-3H3. The monoisotopic (exact) mass is 261 g/mol. The minimum absolute atomic E-state index is 0.362. The molecule has 19 heavy (non-hydrogen) atoms. The van der Waals surface area contributed by atoms with Gasteiger partial charge >= 0.3 is 0 Å². The maximum Gasteiger partial charge on any atom is 0.119 e. The fourth-order valence-corrected chi connectivity index (χ4v) is 3.27. The van der Waals surface area contributed by atoms with E-state index >= 15 is 0 Å². The van der Waals surface area contributed by atoms with E-state index in [9.17, 15) is 0 Å². The summed E-state index contributed by atoms with van der Waals surface area (Å²) >= 11 is 0. The molecule has 0 amide bonds. The Morgan fingerprint density at radius 2 is 2.11 bits per heavy atom. The highest BCUT2D eigenvalue weighted by molar-refractivity contribution is 5.28. The molecule has 106 valence electrons. The van der Waals surface area contributed by atoms with Gasteiger partial charge in [-0.15, -0.1) is 0 Å². The van der Waals surface area contributed by atoms with Crippen LogP contribution in [0.15, 0.2) is 24.3 Å². The van der Waals surface area contributed by atoms with E-state index in [1.807, 2.05) is 6.07 Å². The van der Waals surface area contributed by atoms with Gasteiger partial charge < -0.3 is 10.5 Å². The molecule has 0 aliphatic heterocycles. The second kappa shape index (κ2) is 6.42. The first-order chi connectivity index (χ1) is 9.10. The summed E-state index contributed by atoms with van der Waals surface area (Å²) in [5.74, 6) is 3.19. The van der Waals surface area contributed by atoms with Crippen LogP contribution in [0.2, 0.25) is 0 Å². The highest BCUT2D eigenvalue weighted by Crippen LogP contribution is 2.35. The van der Waals surface area contributed by atoms with Gasteiger partial charge in [0.2, 0.25) is 0 Å². The highest BCUT2D eigenvalue weighted by atomic mass is 16.5. The summed E-state index contributed by atoms with van der Waals surface area (Å²) in [7, 11) is 1.72. The van der Waals surface area contributed by atoms with Crippen LogP contribution in [0.1, 0.15) is 38.7 Å². The molecule has 3 atom stereocenters. The summed E-state index contributed by atoms with van der Waals surface area (Å²) < 4.78 is 5.30. The Labute approximate surface area is 117 Å². The van der Waals surface area contributed by atoms with Gasteiger partial charge in [-0.25, -0.2) is 0 Å². The number of ether oxygens (including phenoxy) is 1. The van der Waals surface area contributed by atoms with Crippen LogP contribution < -0.4 is 10.5 Å². The van der Waals surface area contributed by atoms with Crippen molar-refractivity contribution in [3.8, 4) is 5.75 Å². The van der Waals surface area contributed by atoms with Gasteiger partial charge in [-0.05, 0) is 61.1 Å². The van der Waals surface area contributed by atoms with Crippen molar-refractivity contribution in [2.24, 2.45) is 23.5 Å². The predicted molar refractivity (Wildman–Crippen MR) is 80.3 cm³/mol. The summed E-state index contributed by atoms with van der Waals surface area (Å²) in [6, 6.07) is 8.77. The highest BCUT2D eigenvalue weighted by Gasteiger charge is 2.29. The van der Waals surface area contributed by atoms with E-state index in [0.717, 1.165) is 24.0 Å². The van der Waals surface area contributed by atoms with Crippen molar-refractivity contribution in [1.82, 2.24) is 0 Å². The van der Waals surface area contributed by atoms with Crippen LogP contribution in [-0.4, -0.2) is 13.2 Å². The van der Waals surface area contributed by atoms with Crippen molar-refractivity contribution < 1.29 is 4.74 Å². The first-order valence-corrected chi connectivity index (χ1v) is 7.48. The van der Waals surface area contributed by atoms with E-state index < -0.39 is 0 Å². The quantitative estimate of drug-likeness (QED) is 0.898. The van der Waals surface area contributed by atoms with Crippen LogP contribution in [0.4, 0.5) is 0 Å². The largest absolute Gasteiger partial charge is 0.497 e. The molecule has 0 aromatic heterocycles. The smallest absolute Gasteiger partial charge is 0.119 e. The molecule has 1 saturated carbocycles. The fourth-order valence-electron chi connectivity index (χ4n) is 3.27. The lowest BCUT2D eigenvalue weighted by atomic mass is 9.72. The lowest BCUT2D eigenvalue weighted by molar-refractivity contribution is 0.189. The van der Waals surface area contributed by atoms with E-state index in [-0.39, 0.29) is 0 Å². The van der Waals surface area contributed by atoms with E-state index in [0.29, 0.717) is 12.0 Å². The zero-order valence-corrected chi connectivity index (χ0v) is 12.4. The summed E-state index contributed by atoms with van der Waals surface area (Å²) in [5.41, 5.74) is 7.68. The maximum absolute atomic E-state index is 6.33. The fraction of sp³-hybridized carbons (Fsp3) is 0.647. The van der Waals surface area contributed by atoms with E-state index in [1.165, 1.54) is 24.8 Å². The van der Waals surface area contributed by atoms with Crippen LogP contribution in [-0.2, 0) is 6.42 Å². The summed E-state index contributed by atoms with van der Waals surface area (Å²) in [6.45, 7) is 4.67. The van der Waals surface area contributed by atoms with Gasteiger partial charge in [0.15, 0.2) is 0 Å². The summed E-state index contributed by atoms with van der Waals surface area (Å²) in [5, 5.41) is 0. The van der Waals surface area contributed by atoms with E-state index in [1.54, 1.807) is 7.11 Å². The molecule has 2 rings (SSSR count). The van der Waals surface area contributed by atoms with Crippen LogP contribution in [0, 0.1) is 17.8 Å². The van der Waals surface area contributed by atoms with Crippen molar-refractivity contribution in [3.63, 3.8) is 0 Å². The lowest BCUT2D eigenvalue weighted by Crippen LogP contribution is -2.38. The van der Waals surface area contributed by atoms with Gasteiger partial charge in [0.05, 0.1) is 7.11 Å². The predicted octanol–water partition coefficient (Wildman–Crippen LogP) is 3.64. The molecule has 0 saturated heterocycles. The second-order valence-corrected chi connectivity index (χ2v) is 6.30. The van der Waals surface area contributed by atoms with E-state index in [4.69, 9.17) is 10.5 Å². The summed E-state index contributed by atoms with van der Waals surface area (Å²) in [6.07, 6.45) is 4.84. The lowest BCUT2D eigenvalue weighted by Gasteiger charge is -2.36. The molecular formula is C17H27NO. The molecule has 2 heteroatoms. The number of nitrogens with two attached hydrogens (primary N) is 1. The average molecular weight is 261 g/mol. The zero-order chi connectivity index (χ0) is 13.8. The molecule has 1 fully saturated rings. The van der Waals surface area contributed by atoms with Gasteiger partial charge in [0.1, 0.15) is 5.75 Å². The molecular weight excluding hydrogens is 234 g/mol. The Kier molecular flexibility index (Phi) is 4.87. The van der Waals surface area contributed by atoms with Gasteiger partial charge in [0.25, 0.3) is 0 Å². The minimum Gasteiger partial charge on any atom is -0.497 e. The van der Waals surface area contributed by atoms with Gasteiger partial charge in [-0.3, -0.25) is 0 Å². The SMILES string of the molecule is COc1cccc(CC2CC(C(C)C)CCC2N)c1. The first kappa shape index (κ1) is 14.4. The Hall–Kier alpha value is -1.02. The van der Waals surface area contributed by atoms with Crippen molar-refractivity contribution in [2.45, 2.75) is 45.6 Å². The van der Waals surface area contributed by atoms with Crippen LogP contribution in [0.25, 0.3) is 0 Å². The Bertz CT molecular complexity index is 402. The van der Waals surface area contributed by atoms with Crippen molar-refractivity contribution in [1.29, 1.82) is 0 Å². The number of methoxy groups -OCH3 is 1. The third-order valence-corrected chi connectivity index (χ3v) is 4.66. The third-order valence-electron chi connectivity index (χ3n) is 4.66. The second-order valence-electron chi connectivity index (χ2n) is 6.30. The topological polar surface area (TPSA) is 35.2 Å². The molecule has 0 heterocycles. The van der Waals surface area contributed by atoms with Gasteiger partial charge in [-0.2, -0.15) is 0 Å². The molecule has 0 bridgehead atoms. The van der Waals surface area contributed by atoms with Crippen molar-refractivity contribution in [3.05, 3.63) is 29.8 Å². The normalized spacial score (nSPS) is 27.5. The number of benzene rings is 1. The van der Waals surface area contributed by atoms with Crippen LogP contribution in [0.5, 0.6) is 5.75 Å². The Morgan fingerprint density at radius 3 is 2.79 bits per heavy atom. The zero-order valence-electron chi connectivity index (χ0n) is 12.4. The van der Waals surface area contributed by atoms with Crippen molar-refractivity contribution in [2.75, 3.05) is 7.11 Å². The van der Waals surface area contributed by atoms with Crippen LogP contribution in [0.3, 0.4) is 0 Å². The molecule has 1 aromatic rings. The Balaban J connectivity index is 2.03. The van der Waals surface area contributed by atoms with Gasteiger partial charge in [-0.1, -0.05) is 26.0 Å².